The molecule has 0 aromatic carbocycles. The molecule has 0 fully saturated rings. The summed E-state index contributed by atoms with van der Waals surface area (Å²) < 4.78 is 0. The summed E-state index contributed by atoms with van der Waals surface area (Å²) in [5.41, 5.74) is 3.41. The highest BCUT2D eigenvalue weighted by Crippen LogP contribution is 2.37. The van der Waals surface area contributed by atoms with E-state index in [9.17, 15) is 0 Å². The largest absolute Gasteiger partial charge is 0.365 e. The van der Waals surface area contributed by atoms with Gasteiger partial charge in [-0.15, -0.1) is 11.3 Å². The van der Waals surface area contributed by atoms with Crippen molar-refractivity contribution >= 4 is 29.7 Å². The highest BCUT2D eigenvalue weighted by atomic mass is 32.1. The van der Waals surface area contributed by atoms with E-state index in [-0.39, 0.29) is 0 Å². The number of rotatable bonds is 1. The maximum absolute atomic E-state index is 4.29. The first-order valence-electron chi connectivity index (χ1n) is 5.31. The van der Waals surface area contributed by atoms with Crippen LogP contribution in [0, 0.1) is 0 Å². The maximum Gasteiger partial charge on any atom is 0.140 e. The Morgan fingerprint density at radius 3 is 3.06 bits per heavy atom. The molecule has 0 aliphatic carbocycles. The van der Waals surface area contributed by atoms with Gasteiger partial charge in [0.1, 0.15) is 11.7 Å². The second-order valence-corrected chi connectivity index (χ2v) is 4.77. The molecule has 3 rings (SSSR count). The molecule has 0 saturated heterocycles. The monoisotopic (exact) mass is 244 g/mol. The summed E-state index contributed by atoms with van der Waals surface area (Å²) in [4.78, 5) is 12.8. The molecule has 0 radical (unpaired) electrons. The van der Waals surface area contributed by atoms with Crippen LogP contribution < -0.4 is 5.32 Å². The number of aromatic nitrogens is 1. The molecule has 2 aromatic heterocycles. The summed E-state index contributed by atoms with van der Waals surface area (Å²) in [6, 6.07) is 2.14. The smallest absolute Gasteiger partial charge is 0.140 e. The van der Waals surface area contributed by atoms with Crippen LogP contribution >= 0.6 is 11.3 Å². The van der Waals surface area contributed by atoms with Crippen molar-refractivity contribution in [2.45, 2.75) is 6.54 Å². The van der Waals surface area contributed by atoms with Gasteiger partial charge in [-0.25, -0.2) is 4.99 Å². The molecule has 1 aliphatic heterocycles. The van der Waals surface area contributed by atoms with Crippen molar-refractivity contribution in [2.24, 2.45) is 9.98 Å². The summed E-state index contributed by atoms with van der Waals surface area (Å²) in [5.74, 6) is 1.64. The molecule has 17 heavy (non-hydrogen) atoms. The van der Waals surface area contributed by atoms with Crippen molar-refractivity contribution in [3.8, 4) is 11.1 Å². The summed E-state index contributed by atoms with van der Waals surface area (Å²) in [7, 11) is 1.78. The summed E-state index contributed by atoms with van der Waals surface area (Å²) in [5, 5.41) is 5.45. The number of hydrogen-bond donors (Lipinski definition) is 2. The predicted octanol–water partition coefficient (Wildman–Crippen LogP) is 2.55. The van der Waals surface area contributed by atoms with Gasteiger partial charge in [-0.1, -0.05) is 0 Å². The summed E-state index contributed by atoms with van der Waals surface area (Å²) >= 11 is 1.75. The van der Waals surface area contributed by atoms with Gasteiger partial charge < -0.3 is 10.3 Å². The van der Waals surface area contributed by atoms with Crippen molar-refractivity contribution < 1.29 is 0 Å². The normalized spacial score (nSPS) is 15.9. The Morgan fingerprint density at radius 1 is 1.41 bits per heavy atom. The van der Waals surface area contributed by atoms with Crippen molar-refractivity contribution in [2.75, 3.05) is 7.05 Å². The second kappa shape index (κ2) is 3.85. The lowest BCUT2D eigenvalue weighted by molar-refractivity contribution is 0.938. The Balaban J connectivity index is 2.32. The van der Waals surface area contributed by atoms with Crippen molar-refractivity contribution in [1.82, 2.24) is 10.3 Å². The first-order valence-corrected chi connectivity index (χ1v) is 6.19. The van der Waals surface area contributed by atoms with Gasteiger partial charge in [-0.2, -0.15) is 0 Å². The molecule has 86 valence electrons. The van der Waals surface area contributed by atoms with Crippen LogP contribution in [0.4, 0.5) is 5.82 Å². The molecule has 2 N–H and O–H groups in total. The van der Waals surface area contributed by atoms with Gasteiger partial charge in [0.25, 0.3) is 0 Å². The molecule has 0 spiro atoms. The summed E-state index contributed by atoms with van der Waals surface area (Å²) in [6.07, 6.45) is 1.98. The average Bonchev–Trinajstić information content (AvgIpc) is 2.94. The van der Waals surface area contributed by atoms with E-state index in [4.69, 9.17) is 0 Å². The SMILES string of the molecule is C=Nc1[nH]cc2c1C(=NC)NCc1sccc1-2. The van der Waals surface area contributed by atoms with Gasteiger partial charge in [0.05, 0.1) is 12.1 Å². The number of H-pyrrole nitrogens is 1. The molecule has 0 unspecified atom stereocenters. The van der Waals surface area contributed by atoms with Crippen molar-refractivity contribution in [3.05, 3.63) is 28.1 Å². The predicted molar refractivity (Wildman–Crippen MR) is 72.6 cm³/mol. The molecule has 1 aliphatic rings. The third kappa shape index (κ3) is 1.43. The van der Waals surface area contributed by atoms with Gasteiger partial charge in [0.15, 0.2) is 0 Å². The first-order chi connectivity index (χ1) is 8.35. The van der Waals surface area contributed by atoms with Crippen LogP contribution in [0.25, 0.3) is 11.1 Å². The van der Waals surface area contributed by atoms with Gasteiger partial charge in [-0.3, -0.25) is 4.99 Å². The Bertz CT molecular complexity index is 606. The summed E-state index contributed by atoms with van der Waals surface area (Å²) in [6.45, 7) is 4.40. The molecule has 0 bridgehead atoms. The van der Waals surface area contributed by atoms with E-state index in [0.717, 1.165) is 29.3 Å². The molecular formula is C12H12N4S. The number of thiophene rings is 1. The first kappa shape index (κ1) is 10.3. The lowest BCUT2D eigenvalue weighted by atomic mass is 10.1. The molecule has 2 aromatic rings. The number of nitrogens with one attached hydrogen (secondary N) is 2. The van der Waals surface area contributed by atoms with Crippen LogP contribution in [-0.4, -0.2) is 24.6 Å². The number of fused-ring (bicyclic) bond motifs is 3. The maximum atomic E-state index is 4.29. The Labute approximate surface area is 103 Å². The van der Waals surface area contributed by atoms with E-state index in [0.29, 0.717) is 0 Å². The van der Waals surface area contributed by atoms with E-state index >= 15 is 0 Å². The fourth-order valence-electron chi connectivity index (χ4n) is 2.15. The number of aromatic amines is 1. The highest BCUT2D eigenvalue weighted by molar-refractivity contribution is 7.10. The van der Waals surface area contributed by atoms with Crippen LogP contribution in [-0.2, 0) is 6.54 Å². The zero-order valence-electron chi connectivity index (χ0n) is 9.45. The molecular weight excluding hydrogens is 232 g/mol. The number of hydrogen-bond acceptors (Lipinski definition) is 3. The van der Waals surface area contributed by atoms with Crippen LogP contribution in [0.2, 0.25) is 0 Å². The fourth-order valence-corrected chi connectivity index (χ4v) is 2.98. The molecule has 4 nitrogen and oxygen atoms in total. The molecule has 5 heteroatoms. The number of amidine groups is 1. The van der Waals surface area contributed by atoms with Gasteiger partial charge >= 0.3 is 0 Å². The third-order valence-corrected chi connectivity index (χ3v) is 3.85. The minimum absolute atomic E-state index is 0.771. The lowest BCUT2D eigenvalue weighted by Gasteiger charge is -2.05. The minimum atomic E-state index is 0.771. The van der Waals surface area contributed by atoms with Gasteiger partial charge in [0.2, 0.25) is 0 Å². The van der Waals surface area contributed by atoms with Crippen molar-refractivity contribution in [1.29, 1.82) is 0 Å². The van der Waals surface area contributed by atoms with E-state index in [1.165, 1.54) is 10.4 Å². The Morgan fingerprint density at radius 2 is 2.29 bits per heavy atom. The van der Waals surface area contributed by atoms with Crippen LogP contribution in [0.3, 0.4) is 0 Å². The van der Waals surface area contributed by atoms with Crippen molar-refractivity contribution in [3.63, 3.8) is 0 Å². The van der Waals surface area contributed by atoms with E-state index in [2.05, 4.69) is 38.4 Å². The molecule has 0 saturated carbocycles. The zero-order valence-corrected chi connectivity index (χ0v) is 10.3. The molecule has 3 heterocycles. The third-order valence-electron chi connectivity index (χ3n) is 2.93. The topological polar surface area (TPSA) is 52.5 Å². The lowest BCUT2D eigenvalue weighted by Crippen LogP contribution is -2.22. The minimum Gasteiger partial charge on any atom is -0.365 e. The van der Waals surface area contributed by atoms with Crippen LogP contribution in [0.15, 0.2) is 27.6 Å². The Hall–Kier alpha value is -1.88. The highest BCUT2D eigenvalue weighted by Gasteiger charge is 2.23. The van der Waals surface area contributed by atoms with E-state index < -0.39 is 0 Å². The second-order valence-electron chi connectivity index (χ2n) is 3.77. The average molecular weight is 244 g/mol. The molecule has 0 amide bonds. The van der Waals surface area contributed by atoms with Gasteiger partial charge in [0, 0.05) is 23.7 Å². The number of aliphatic imine (C=N–C) groups is 2. The fraction of sp³-hybridized carbons (Fsp3) is 0.167. The molecule has 0 atom stereocenters. The Kier molecular flexibility index (Phi) is 2.33. The standard InChI is InChI=1S/C12H12N4S/c1-13-11-10-8(5-15-11)7-3-4-17-9(7)6-16-12(10)14-2/h3-5,15H,1,6H2,2H3,(H,14,16). The van der Waals surface area contributed by atoms with Gasteiger partial charge in [-0.05, 0) is 23.7 Å². The van der Waals surface area contributed by atoms with E-state index in [1.54, 1.807) is 18.4 Å². The zero-order chi connectivity index (χ0) is 11.8. The number of nitrogens with zero attached hydrogens (tertiary/aromatic N) is 2. The van der Waals surface area contributed by atoms with E-state index in [1.807, 2.05) is 6.20 Å². The quantitative estimate of drug-likeness (QED) is 0.744. The van der Waals surface area contributed by atoms with Crippen LogP contribution in [0.1, 0.15) is 10.4 Å². The van der Waals surface area contributed by atoms with Crippen LogP contribution in [0.5, 0.6) is 0 Å².